The van der Waals surface area contributed by atoms with Crippen LogP contribution in [-0.2, 0) is 16.1 Å². The highest BCUT2D eigenvalue weighted by molar-refractivity contribution is 7.15. The molecule has 0 radical (unpaired) electrons. The van der Waals surface area contributed by atoms with Gasteiger partial charge in [-0.25, -0.2) is 13.8 Å². The van der Waals surface area contributed by atoms with Crippen LogP contribution in [0.3, 0.4) is 0 Å². The number of hydrogen-bond donors (Lipinski definition) is 3. The summed E-state index contributed by atoms with van der Waals surface area (Å²) in [6.45, 7) is 3.73. The first-order valence-corrected chi connectivity index (χ1v) is 11.1. The normalized spacial score (nSPS) is 16.5. The van der Waals surface area contributed by atoms with E-state index >= 15 is 0 Å². The van der Waals surface area contributed by atoms with E-state index in [1.54, 1.807) is 6.20 Å². The first kappa shape index (κ1) is 23.1. The summed E-state index contributed by atoms with van der Waals surface area (Å²) in [5, 5.41) is 5.96. The van der Waals surface area contributed by atoms with Gasteiger partial charge in [0.15, 0.2) is 16.8 Å². The van der Waals surface area contributed by atoms with Gasteiger partial charge in [-0.3, -0.25) is 14.5 Å². The predicted octanol–water partition coefficient (Wildman–Crippen LogP) is 2.39. The van der Waals surface area contributed by atoms with Crippen molar-refractivity contribution in [2.45, 2.75) is 44.7 Å². The van der Waals surface area contributed by atoms with E-state index in [0.717, 1.165) is 49.4 Å². The number of anilines is 1. The summed E-state index contributed by atoms with van der Waals surface area (Å²) < 4.78 is 27.2. The molecule has 0 saturated carbocycles. The second-order valence-corrected chi connectivity index (χ2v) is 8.77. The zero-order valence-corrected chi connectivity index (χ0v) is 18.2. The molecule has 2 heterocycles. The number of nitrogens with one attached hydrogen (secondary N) is 2. The lowest BCUT2D eigenvalue weighted by Crippen LogP contribution is -2.48. The molecule has 2 aromatic rings. The third-order valence-corrected chi connectivity index (χ3v) is 6.30. The molecule has 0 bridgehead atoms. The SMILES string of the molecule is C[C@@H](C(=O)NC[C@H](C(=O)NCc1cnc(N)s1)c1ccc(F)c(F)c1)N1CCCCC1. The summed E-state index contributed by atoms with van der Waals surface area (Å²) in [6, 6.07) is 3.00. The minimum absolute atomic E-state index is 0.0290. The number of halogens is 2. The summed E-state index contributed by atoms with van der Waals surface area (Å²) in [7, 11) is 0. The number of likely N-dealkylation sites (tertiary alicyclic amines) is 1. The maximum Gasteiger partial charge on any atom is 0.237 e. The number of nitrogen functional groups attached to an aromatic ring is 1. The number of carbonyl (C=O) groups excluding carboxylic acids is 2. The average molecular weight is 452 g/mol. The molecule has 31 heavy (non-hydrogen) atoms. The van der Waals surface area contributed by atoms with E-state index in [4.69, 9.17) is 5.73 Å². The Morgan fingerprint density at radius 2 is 1.90 bits per heavy atom. The molecule has 0 spiro atoms. The van der Waals surface area contributed by atoms with Crippen LogP contribution in [-0.4, -0.2) is 47.4 Å². The Morgan fingerprint density at radius 3 is 2.55 bits per heavy atom. The molecule has 3 rings (SSSR count). The molecule has 1 aliphatic rings. The number of hydrogen-bond acceptors (Lipinski definition) is 6. The highest BCUT2D eigenvalue weighted by Crippen LogP contribution is 2.20. The van der Waals surface area contributed by atoms with Crippen molar-refractivity contribution < 1.29 is 18.4 Å². The lowest BCUT2D eigenvalue weighted by atomic mass is 9.97. The van der Waals surface area contributed by atoms with Gasteiger partial charge in [-0.2, -0.15) is 0 Å². The second-order valence-electron chi connectivity index (χ2n) is 7.63. The Morgan fingerprint density at radius 1 is 1.16 bits per heavy atom. The fourth-order valence-electron chi connectivity index (χ4n) is 3.61. The fraction of sp³-hybridized carbons (Fsp3) is 0.476. The van der Waals surface area contributed by atoms with Gasteiger partial charge in [-0.05, 0) is 50.6 Å². The maximum atomic E-state index is 13.8. The van der Waals surface area contributed by atoms with Gasteiger partial charge >= 0.3 is 0 Å². The molecule has 1 aliphatic heterocycles. The Kier molecular flexibility index (Phi) is 7.91. The van der Waals surface area contributed by atoms with Crippen molar-refractivity contribution in [1.82, 2.24) is 20.5 Å². The number of nitrogens with zero attached hydrogens (tertiary/aromatic N) is 2. The molecule has 1 aromatic heterocycles. The highest BCUT2D eigenvalue weighted by Gasteiger charge is 2.26. The van der Waals surface area contributed by atoms with Crippen LogP contribution in [0, 0.1) is 11.6 Å². The molecule has 7 nitrogen and oxygen atoms in total. The quantitative estimate of drug-likeness (QED) is 0.572. The van der Waals surface area contributed by atoms with Crippen molar-refractivity contribution in [3.8, 4) is 0 Å². The minimum atomic E-state index is -1.04. The van der Waals surface area contributed by atoms with E-state index in [0.29, 0.717) is 5.13 Å². The van der Waals surface area contributed by atoms with Crippen molar-refractivity contribution in [3.63, 3.8) is 0 Å². The van der Waals surface area contributed by atoms with Gasteiger partial charge in [-0.15, -0.1) is 11.3 Å². The molecular formula is C21H27F2N5O2S. The van der Waals surface area contributed by atoms with Gasteiger partial charge in [0.2, 0.25) is 11.8 Å². The lowest BCUT2D eigenvalue weighted by molar-refractivity contribution is -0.126. The van der Waals surface area contributed by atoms with E-state index in [9.17, 15) is 18.4 Å². The number of piperidine rings is 1. The maximum absolute atomic E-state index is 13.8. The summed E-state index contributed by atoms with van der Waals surface area (Å²) in [6.07, 6.45) is 4.84. The number of rotatable bonds is 8. The molecule has 2 atom stereocenters. The minimum Gasteiger partial charge on any atom is -0.375 e. The smallest absolute Gasteiger partial charge is 0.237 e. The molecule has 1 fully saturated rings. The monoisotopic (exact) mass is 451 g/mol. The zero-order valence-electron chi connectivity index (χ0n) is 17.4. The Labute approximate surface area is 184 Å². The van der Waals surface area contributed by atoms with Crippen LogP contribution < -0.4 is 16.4 Å². The average Bonchev–Trinajstić information content (AvgIpc) is 3.19. The summed E-state index contributed by atoms with van der Waals surface area (Å²) in [5.41, 5.74) is 5.89. The van der Waals surface area contributed by atoms with E-state index in [-0.39, 0.29) is 30.6 Å². The van der Waals surface area contributed by atoms with Crippen LogP contribution in [0.5, 0.6) is 0 Å². The number of aromatic nitrogens is 1. The molecule has 0 aliphatic carbocycles. The molecule has 2 amide bonds. The van der Waals surface area contributed by atoms with Crippen molar-refractivity contribution >= 4 is 28.3 Å². The third kappa shape index (κ3) is 6.20. The van der Waals surface area contributed by atoms with Gasteiger partial charge < -0.3 is 16.4 Å². The summed E-state index contributed by atoms with van der Waals surface area (Å²) in [5.74, 6) is -3.52. The van der Waals surface area contributed by atoms with E-state index in [2.05, 4.69) is 20.5 Å². The van der Waals surface area contributed by atoms with Crippen molar-refractivity contribution in [2.75, 3.05) is 25.4 Å². The van der Waals surface area contributed by atoms with Gasteiger partial charge in [0, 0.05) is 17.6 Å². The lowest BCUT2D eigenvalue weighted by Gasteiger charge is -2.31. The predicted molar refractivity (Wildman–Crippen MR) is 115 cm³/mol. The topological polar surface area (TPSA) is 100 Å². The number of benzene rings is 1. The number of carbonyl (C=O) groups is 2. The molecule has 4 N–H and O–H groups in total. The molecule has 0 unspecified atom stereocenters. The fourth-order valence-corrected chi connectivity index (χ4v) is 4.24. The number of thiazole rings is 1. The van der Waals surface area contributed by atoms with Gasteiger partial charge in [0.25, 0.3) is 0 Å². The van der Waals surface area contributed by atoms with Crippen LogP contribution in [0.25, 0.3) is 0 Å². The third-order valence-electron chi connectivity index (χ3n) is 5.47. The highest BCUT2D eigenvalue weighted by atomic mass is 32.1. The zero-order chi connectivity index (χ0) is 22.4. The standard InChI is InChI=1S/C21H27F2N5O2S/c1-13(28-7-3-2-4-8-28)19(29)26-12-16(14-5-6-17(22)18(23)9-14)20(30)25-10-15-11-27-21(24)31-15/h5-6,9,11,13,16H,2-4,7-8,10,12H2,1H3,(H2,24,27)(H,25,30)(H,26,29)/t13-,16-/m0/s1. The van der Waals surface area contributed by atoms with Crippen LogP contribution in [0.2, 0.25) is 0 Å². The number of nitrogens with two attached hydrogens (primary N) is 1. The summed E-state index contributed by atoms with van der Waals surface area (Å²) in [4.78, 5) is 32.3. The van der Waals surface area contributed by atoms with Crippen molar-refractivity contribution in [1.29, 1.82) is 0 Å². The molecule has 10 heteroatoms. The Balaban J connectivity index is 1.67. The van der Waals surface area contributed by atoms with Crippen LogP contribution in [0.15, 0.2) is 24.4 Å². The summed E-state index contributed by atoms with van der Waals surface area (Å²) >= 11 is 1.25. The van der Waals surface area contributed by atoms with E-state index in [1.165, 1.54) is 17.4 Å². The first-order valence-electron chi connectivity index (χ1n) is 10.3. The van der Waals surface area contributed by atoms with E-state index < -0.39 is 23.5 Å². The van der Waals surface area contributed by atoms with Gasteiger partial charge in [0.1, 0.15) is 0 Å². The molecule has 168 valence electrons. The van der Waals surface area contributed by atoms with Crippen LogP contribution in [0.1, 0.15) is 42.5 Å². The Hall–Kier alpha value is -2.59. The first-order chi connectivity index (χ1) is 14.8. The van der Waals surface area contributed by atoms with Crippen molar-refractivity contribution in [2.24, 2.45) is 0 Å². The molecular weight excluding hydrogens is 424 g/mol. The van der Waals surface area contributed by atoms with Crippen LogP contribution >= 0.6 is 11.3 Å². The van der Waals surface area contributed by atoms with E-state index in [1.807, 2.05) is 6.92 Å². The largest absolute Gasteiger partial charge is 0.375 e. The molecule has 1 saturated heterocycles. The second kappa shape index (κ2) is 10.6. The van der Waals surface area contributed by atoms with Crippen molar-refractivity contribution in [3.05, 3.63) is 46.5 Å². The Bertz CT molecular complexity index is 917. The molecule has 1 aromatic carbocycles. The van der Waals surface area contributed by atoms with Crippen LogP contribution in [0.4, 0.5) is 13.9 Å². The van der Waals surface area contributed by atoms with Gasteiger partial charge in [-0.1, -0.05) is 12.5 Å². The number of amides is 2. The van der Waals surface area contributed by atoms with Gasteiger partial charge in [0.05, 0.1) is 18.5 Å².